The summed E-state index contributed by atoms with van der Waals surface area (Å²) >= 11 is 0. The molecule has 0 atom stereocenters. The Morgan fingerprint density at radius 3 is 2.00 bits per heavy atom. The van der Waals surface area contributed by atoms with E-state index in [2.05, 4.69) is 0 Å². The Hall–Kier alpha value is -2.55. The van der Waals surface area contributed by atoms with Crippen molar-refractivity contribution in [3.05, 3.63) is 71.8 Å². The maximum atomic E-state index is 10.9. The molecule has 0 saturated carbocycles. The average molecular weight is 240 g/mol. The molecule has 0 spiro atoms. The predicted molar refractivity (Wildman–Crippen MR) is 69.3 cm³/mol. The predicted octanol–water partition coefficient (Wildman–Crippen LogP) is 2.91. The highest BCUT2D eigenvalue weighted by Gasteiger charge is 2.06. The van der Waals surface area contributed by atoms with Gasteiger partial charge in [-0.25, -0.2) is 4.79 Å². The molecule has 3 nitrogen and oxygen atoms in total. The van der Waals surface area contributed by atoms with E-state index >= 15 is 0 Å². The standard InChI is InChI=1S/C15H12O3/c16-13-8-6-12(7-9-13)14(10-15(17)18)11-4-2-1-3-5-11/h1-10,16H,(H,17,18). The zero-order valence-electron chi connectivity index (χ0n) is 9.58. The van der Waals surface area contributed by atoms with E-state index in [1.807, 2.05) is 30.3 Å². The van der Waals surface area contributed by atoms with Crippen LogP contribution in [0.5, 0.6) is 5.75 Å². The van der Waals surface area contributed by atoms with Crippen molar-refractivity contribution in [3.63, 3.8) is 0 Å². The van der Waals surface area contributed by atoms with Crippen LogP contribution in [0.2, 0.25) is 0 Å². The number of phenolic OH excluding ortho intramolecular Hbond substituents is 1. The van der Waals surface area contributed by atoms with E-state index in [4.69, 9.17) is 5.11 Å². The van der Waals surface area contributed by atoms with Crippen molar-refractivity contribution in [2.75, 3.05) is 0 Å². The Balaban J connectivity index is 2.51. The van der Waals surface area contributed by atoms with Crippen LogP contribution < -0.4 is 0 Å². The van der Waals surface area contributed by atoms with Gasteiger partial charge >= 0.3 is 5.97 Å². The third kappa shape index (κ3) is 2.77. The van der Waals surface area contributed by atoms with Gasteiger partial charge in [0.05, 0.1) is 0 Å². The molecule has 0 unspecified atom stereocenters. The fourth-order valence-corrected chi connectivity index (χ4v) is 1.72. The molecule has 0 aliphatic carbocycles. The van der Waals surface area contributed by atoms with Gasteiger partial charge in [-0.05, 0) is 28.8 Å². The number of hydrogen-bond donors (Lipinski definition) is 2. The van der Waals surface area contributed by atoms with Crippen LogP contribution >= 0.6 is 0 Å². The van der Waals surface area contributed by atoms with Gasteiger partial charge in [-0.2, -0.15) is 0 Å². The minimum Gasteiger partial charge on any atom is -0.508 e. The molecule has 0 amide bonds. The summed E-state index contributed by atoms with van der Waals surface area (Å²) in [6, 6.07) is 15.7. The largest absolute Gasteiger partial charge is 0.508 e. The maximum Gasteiger partial charge on any atom is 0.328 e. The van der Waals surface area contributed by atoms with E-state index in [0.29, 0.717) is 5.57 Å². The highest BCUT2D eigenvalue weighted by molar-refractivity contribution is 5.95. The lowest BCUT2D eigenvalue weighted by atomic mass is 9.97. The summed E-state index contributed by atoms with van der Waals surface area (Å²) < 4.78 is 0. The van der Waals surface area contributed by atoms with Crippen LogP contribution in [0, 0.1) is 0 Å². The van der Waals surface area contributed by atoms with Gasteiger partial charge in [0.1, 0.15) is 5.75 Å². The smallest absolute Gasteiger partial charge is 0.328 e. The van der Waals surface area contributed by atoms with Crippen molar-refractivity contribution in [1.29, 1.82) is 0 Å². The summed E-state index contributed by atoms with van der Waals surface area (Å²) in [4.78, 5) is 10.9. The number of rotatable bonds is 3. The van der Waals surface area contributed by atoms with Gasteiger partial charge < -0.3 is 10.2 Å². The van der Waals surface area contributed by atoms with Crippen LogP contribution in [0.15, 0.2) is 60.7 Å². The van der Waals surface area contributed by atoms with Gasteiger partial charge in [-0.15, -0.1) is 0 Å². The van der Waals surface area contributed by atoms with Gasteiger partial charge in [-0.1, -0.05) is 42.5 Å². The molecule has 2 rings (SSSR count). The molecule has 0 aromatic heterocycles. The van der Waals surface area contributed by atoms with E-state index < -0.39 is 5.97 Å². The third-order valence-electron chi connectivity index (χ3n) is 2.53. The zero-order valence-corrected chi connectivity index (χ0v) is 9.58. The summed E-state index contributed by atoms with van der Waals surface area (Å²) in [5.74, 6) is -0.844. The lowest BCUT2D eigenvalue weighted by Crippen LogP contribution is -1.94. The second-order valence-electron chi connectivity index (χ2n) is 3.81. The quantitative estimate of drug-likeness (QED) is 0.811. The fraction of sp³-hybridized carbons (Fsp3) is 0. The molecular formula is C15H12O3. The molecule has 0 aliphatic rings. The zero-order chi connectivity index (χ0) is 13.0. The molecule has 0 aliphatic heterocycles. The molecule has 3 heteroatoms. The summed E-state index contributed by atoms with van der Waals surface area (Å²) in [6.07, 6.45) is 1.17. The number of aromatic hydroxyl groups is 1. The highest BCUT2D eigenvalue weighted by Crippen LogP contribution is 2.24. The number of carboxylic acid groups (broad SMARTS) is 1. The van der Waals surface area contributed by atoms with Gasteiger partial charge in [-0.3, -0.25) is 0 Å². The summed E-state index contributed by atoms with van der Waals surface area (Å²) in [5, 5.41) is 18.2. The SMILES string of the molecule is O=C(O)C=C(c1ccccc1)c1ccc(O)cc1. The van der Waals surface area contributed by atoms with Gasteiger partial charge in [0.15, 0.2) is 0 Å². The van der Waals surface area contributed by atoms with E-state index in [0.717, 1.165) is 11.1 Å². The Morgan fingerprint density at radius 2 is 1.44 bits per heavy atom. The lowest BCUT2D eigenvalue weighted by molar-refractivity contribution is -0.131. The maximum absolute atomic E-state index is 10.9. The second kappa shape index (κ2) is 5.19. The van der Waals surface area contributed by atoms with Crippen molar-refractivity contribution in [3.8, 4) is 5.75 Å². The molecule has 90 valence electrons. The van der Waals surface area contributed by atoms with E-state index in [9.17, 15) is 9.90 Å². The first-order valence-corrected chi connectivity index (χ1v) is 5.46. The number of hydrogen-bond acceptors (Lipinski definition) is 2. The molecule has 2 N–H and O–H groups in total. The Kier molecular flexibility index (Phi) is 3.44. The lowest BCUT2D eigenvalue weighted by Gasteiger charge is -2.07. The van der Waals surface area contributed by atoms with E-state index in [1.165, 1.54) is 18.2 Å². The van der Waals surface area contributed by atoms with Crippen LogP contribution in [0.4, 0.5) is 0 Å². The molecule has 0 saturated heterocycles. The number of benzene rings is 2. The highest BCUT2D eigenvalue weighted by atomic mass is 16.4. The average Bonchev–Trinajstić information content (AvgIpc) is 2.38. The second-order valence-corrected chi connectivity index (χ2v) is 3.81. The first-order chi connectivity index (χ1) is 8.66. The van der Waals surface area contributed by atoms with Gasteiger partial charge in [0, 0.05) is 6.08 Å². The van der Waals surface area contributed by atoms with Crippen molar-refractivity contribution < 1.29 is 15.0 Å². The summed E-state index contributed by atoms with van der Waals surface area (Å²) in [6.45, 7) is 0. The molecule has 2 aromatic rings. The van der Waals surface area contributed by atoms with Crippen molar-refractivity contribution in [1.82, 2.24) is 0 Å². The summed E-state index contributed by atoms with van der Waals surface area (Å²) in [7, 11) is 0. The molecule has 0 radical (unpaired) electrons. The van der Waals surface area contributed by atoms with Crippen molar-refractivity contribution in [2.24, 2.45) is 0 Å². The minimum atomic E-state index is -0.998. The number of carbonyl (C=O) groups is 1. The van der Waals surface area contributed by atoms with Crippen LogP contribution in [0.25, 0.3) is 5.57 Å². The summed E-state index contributed by atoms with van der Waals surface area (Å²) in [5.41, 5.74) is 2.19. The third-order valence-corrected chi connectivity index (χ3v) is 2.53. The van der Waals surface area contributed by atoms with E-state index in [-0.39, 0.29) is 5.75 Å². The first kappa shape index (κ1) is 11.9. The topological polar surface area (TPSA) is 57.5 Å². The molecule has 0 fully saturated rings. The Bertz CT molecular complexity index is 568. The van der Waals surface area contributed by atoms with Crippen LogP contribution in [0.3, 0.4) is 0 Å². The van der Waals surface area contributed by atoms with Gasteiger partial charge in [0.2, 0.25) is 0 Å². The van der Waals surface area contributed by atoms with E-state index in [1.54, 1.807) is 12.1 Å². The minimum absolute atomic E-state index is 0.154. The first-order valence-electron chi connectivity index (χ1n) is 5.46. The monoisotopic (exact) mass is 240 g/mol. The Morgan fingerprint density at radius 1 is 0.889 bits per heavy atom. The molecule has 2 aromatic carbocycles. The fourth-order valence-electron chi connectivity index (χ4n) is 1.72. The van der Waals surface area contributed by atoms with Crippen LogP contribution in [-0.4, -0.2) is 16.2 Å². The van der Waals surface area contributed by atoms with Crippen molar-refractivity contribution in [2.45, 2.75) is 0 Å². The van der Waals surface area contributed by atoms with Crippen LogP contribution in [-0.2, 0) is 4.79 Å². The number of aliphatic carboxylic acids is 1. The molecule has 18 heavy (non-hydrogen) atoms. The molecule has 0 heterocycles. The number of phenols is 1. The normalized spacial score (nSPS) is 11.2. The Labute approximate surface area is 105 Å². The van der Waals surface area contributed by atoms with Crippen LogP contribution in [0.1, 0.15) is 11.1 Å². The molecular weight excluding hydrogens is 228 g/mol. The molecule has 0 bridgehead atoms. The van der Waals surface area contributed by atoms with Crippen molar-refractivity contribution >= 4 is 11.5 Å². The number of carboxylic acids is 1. The van der Waals surface area contributed by atoms with Gasteiger partial charge in [0.25, 0.3) is 0 Å².